The molecule has 23 heavy (non-hydrogen) atoms. The number of nitrogens with zero attached hydrogens (tertiary/aromatic N) is 6. The molecule has 2 aliphatic heterocycles. The molecule has 1 aromatic heterocycles. The van der Waals surface area contributed by atoms with Crippen molar-refractivity contribution in [3.63, 3.8) is 0 Å². The molecule has 1 aromatic rings. The van der Waals surface area contributed by atoms with Gasteiger partial charge in [0.05, 0.1) is 19.1 Å². The molecular weight excluding hydrogens is 299 g/mol. The molecule has 2 aliphatic rings. The molecule has 1 atom stereocenters. The van der Waals surface area contributed by atoms with Crippen LogP contribution in [0, 0.1) is 0 Å². The summed E-state index contributed by atoms with van der Waals surface area (Å²) in [6.07, 6.45) is 3.56. The van der Waals surface area contributed by atoms with Crippen LogP contribution in [0.1, 0.15) is 18.7 Å². The van der Waals surface area contributed by atoms with Crippen molar-refractivity contribution < 1.29 is 9.18 Å². The molecule has 0 aliphatic carbocycles. The number of hydrogen-bond acceptors (Lipinski definition) is 5. The van der Waals surface area contributed by atoms with E-state index in [9.17, 15) is 9.18 Å². The summed E-state index contributed by atoms with van der Waals surface area (Å²) < 4.78 is 14.1. The standard InChI is InChI=1S/C15H25FN6O/c1-19-5-2-3-13(19)15(23)21-9-7-20(8-10-21)11-14-17-12-18-22(14)6-4-16/h12-13H,2-11H2,1H3/t13-/m0/s1. The molecule has 0 saturated carbocycles. The van der Waals surface area contributed by atoms with Crippen LogP contribution in [-0.2, 0) is 17.9 Å². The van der Waals surface area contributed by atoms with E-state index in [1.807, 2.05) is 11.9 Å². The van der Waals surface area contributed by atoms with E-state index in [2.05, 4.69) is 19.9 Å². The summed E-state index contributed by atoms with van der Waals surface area (Å²) in [6.45, 7) is 4.64. The van der Waals surface area contributed by atoms with Crippen LogP contribution in [0.2, 0.25) is 0 Å². The molecule has 0 unspecified atom stereocenters. The maximum Gasteiger partial charge on any atom is 0.240 e. The summed E-state index contributed by atoms with van der Waals surface area (Å²) in [7, 11) is 2.03. The number of likely N-dealkylation sites (N-methyl/N-ethyl adjacent to an activating group) is 1. The van der Waals surface area contributed by atoms with Gasteiger partial charge >= 0.3 is 0 Å². The highest BCUT2D eigenvalue weighted by Crippen LogP contribution is 2.18. The Morgan fingerprint density at radius 2 is 2.09 bits per heavy atom. The van der Waals surface area contributed by atoms with E-state index in [-0.39, 0.29) is 18.5 Å². The van der Waals surface area contributed by atoms with E-state index in [1.54, 1.807) is 4.68 Å². The molecule has 0 bridgehead atoms. The first-order valence-electron chi connectivity index (χ1n) is 8.33. The first-order chi connectivity index (χ1) is 11.2. The Hall–Kier alpha value is -1.54. The van der Waals surface area contributed by atoms with Crippen LogP contribution < -0.4 is 0 Å². The lowest BCUT2D eigenvalue weighted by Gasteiger charge is -2.36. The van der Waals surface area contributed by atoms with Crippen molar-refractivity contribution in [3.8, 4) is 0 Å². The van der Waals surface area contributed by atoms with E-state index in [0.29, 0.717) is 6.54 Å². The zero-order valence-corrected chi connectivity index (χ0v) is 13.7. The normalized spacial score (nSPS) is 23.6. The summed E-state index contributed by atoms with van der Waals surface area (Å²) >= 11 is 0. The lowest BCUT2D eigenvalue weighted by atomic mass is 10.1. The highest BCUT2D eigenvalue weighted by atomic mass is 19.1. The van der Waals surface area contributed by atoms with Crippen molar-refractivity contribution in [2.24, 2.45) is 0 Å². The van der Waals surface area contributed by atoms with Gasteiger partial charge in [-0.2, -0.15) is 5.10 Å². The Kier molecular flexibility index (Phi) is 5.22. The summed E-state index contributed by atoms with van der Waals surface area (Å²) in [5, 5.41) is 4.04. The van der Waals surface area contributed by atoms with Gasteiger partial charge in [-0.05, 0) is 26.4 Å². The van der Waals surface area contributed by atoms with E-state index in [4.69, 9.17) is 0 Å². The Bertz CT molecular complexity index is 528. The zero-order chi connectivity index (χ0) is 16.2. The van der Waals surface area contributed by atoms with Crippen LogP contribution >= 0.6 is 0 Å². The molecule has 3 heterocycles. The lowest BCUT2D eigenvalue weighted by Crippen LogP contribution is -2.53. The molecule has 1 amide bonds. The molecule has 0 radical (unpaired) electrons. The Labute approximate surface area is 136 Å². The van der Waals surface area contributed by atoms with E-state index in [0.717, 1.165) is 51.4 Å². The van der Waals surface area contributed by atoms with Crippen molar-refractivity contribution in [2.75, 3.05) is 46.4 Å². The van der Waals surface area contributed by atoms with Crippen molar-refractivity contribution >= 4 is 5.91 Å². The van der Waals surface area contributed by atoms with Crippen molar-refractivity contribution in [1.29, 1.82) is 0 Å². The number of hydrogen-bond donors (Lipinski definition) is 0. The largest absolute Gasteiger partial charge is 0.339 e. The van der Waals surface area contributed by atoms with Gasteiger partial charge in [0.2, 0.25) is 5.91 Å². The van der Waals surface area contributed by atoms with Crippen LogP contribution in [0.15, 0.2) is 6.33 Å². The minimum absolute atomic E-state index is 0.0641. The zero-order valence-electron chi connectivity index (χ0n) is 13.7. The summed E-state index contributed by atoms with van der Waals surface area (Å²) in [4.78, 5) is 23.2. The first-order valence-corrected chi connectivity index (χ1v) is 8.33. The molecule has 2 fully saturated rings. The maximum absolute atomic E-state index is 12.6. The smallest absolute Gasteiger partial charge is 0.240 e. The van der Waals surface area contributed by atoms with Gasteiger partial charge < -0.3 is 4.90 Å². The van der Waals surface area contributed by atoms with E-state index in [1.165, 1.54) is 6.33 Å². The monoisotopic (exact) mass is 324 g/mol. The molecule has 8 heteroatoms. The predicted octanol–water partition coefficient (Wildman–Crippen LogP) is -0.0140. The SMILES string of the molecule is CN1CCC[C@H]1C(=O)N1CCN(Cc2ncnn2CCF)CC1. The van der Waals surface area contributed by atoms with E-state index >= 15 is 0 Å². The quantitative estimate of drug-likeness (QED) is 0.762. The van der Waals surface area contributed by atoms with Gasteiger partial charge in [-0.1, -0.05) is 0 Å². The van der Waals surface area contributed by atoms with Gasteiger partial charge in [0.25, 0.3) is 0 Å². The average Bonchev–Trinajstić information content (AvgIpc) is 3.17. The fourth-order valence-corrected chi connectivity index (χ4v) is 3.44. The number of aromatic nitrogens is 3. The van der Waals surface area contributed by atoms with Crippen LogP contribution in [-0.4, -0.2) is 87.9 Å². The number of carbonyl (C=O) groups is 1. The second-order valence-electron chi connectivity index (χ2n) is 6.33. The number of amides is 1. The van der Waals surface area contributed by atoms with Crippen LogP contribution in [0.25, 0.3) is 0 Å². The minimum atomic E-state index is -0.437. The molecule has 0 spiro atoms. The number of carbonyl (C=O) groups excluding carboxylic acids is 1. The fraction of sp³-hybridized carbons (Fsp3) is 0.800. The Balaban J connectivity index is 1.50. The van der Waals surface area contributed by atoms with Crippen LogP contribution in [0.5, 0.6) is 0 Å². The molecular formula is C15H25FN6O. The Morgan fingerprint density at radius 1 is 1.30 bits per heavy atom. The molecule has 7 nitrogen and oxygen atoms in total. The fourth-order valence-electron chi connectivity index (χ4n) is 3.44. The number of piperazine rings is 1. The second kappa shape index (κ2) is 7.35. The maximum atomic E-state index is 12.6. The average molecular weight is 324 g/mol. The van der Waals surface area contributed by atoms with Crippen molar-refractivity contribution in [2.45, 2.75) is 32.0 Å². The number of likely N-dealkylation sites (tertiary alicyclic amines) is 1. The van der Waals surface area contributed by atoms with Gasteiger partial charge in [-0.15, -0.1) is 0 Å². The van der Waals surface area contributed by atoms with Gasteiger partial charge in [-0.3, -0.25) is 14.6 Å². The predicted molar refractivity (Wildman–Crippen MR) is 83.5 cm³/mol. The van der Waals surface area contributed by atoms with Gasteiger partial charge in [0.1, 0.15) is 18.8 Å². The van der Waals surface area contributed by atoms with Crippen molar-refractivity contribution in [3.05, 3.63) is 12.2 Å². The molecule has 128 valence electrons. The van der Waals surface area contributed by atoms with Gasteiger partial charge in [-0.25, -0.2) is 14.1 Å². The summed E-state index contributed by atoms with van der Waals surface area (Å²) in [5.74, 6) is 1.06. The Morgan fingerprint density at radius 3 is 2.74 bits per heavy atom. The molecule has 3 rings (SSSR count). The lowest BCUT2D eigenvalue weighted by molar-refractivity contribution is -0.137. The third kappa shape index (κ3) is 3.69. The van der Waals surface area contributed by atoms with E-state index < -0.39 is 6.67 Å². The highest BCUT2D eigenvalue weighted by Gasteiger charge is 2.32. The molecule has 2 saturated heterocycles. The molecule has 0 N–H and O–H groups in total. The molecule has 0 aromatic carbocycles. The van der Waals surface area contributed by atoms with Gasteiger partial charge in [0.15, 0.2) is 0 Å². The second-order valence-corrected chi connectivity index (χ2v) is 6.33. The summed E-state index contributed by atoms with van der Waals surface area (Å²) in [5.41, 5.74) is 0. The number of alkyl halides is 1. The number of aryl methyl sites for hydroxylation is 1. The topological polar surface area (TPSA) is 57.5 Å². The third-order valence-electron chi connectivity index (χ3n) is 4.85. The highest BCUT2D eigenvalue weighted by molar-refractivity contribution is 5.82. The first kappa shape index (κ1) is 16.3. The van der Waals surface area contributed by atoms with Gasteiger partial charge in [0, 0.05) is 26.2 Å². The summed E-state index contributed by atoms with van der Waals surface area (Å²) in [6, 6.07) is 0.0641. The number of halogens is 1. The van der Waals surface area contributed by atoms with Crippen molar-refractivity contribution in [1.82, 2.24) is 29.5 Å². The minimum Gasteiger partial charge on any atom is -0.339 e. The van der Waals surface area contributed by atoms with Crippen LogP contribution in [0.4, 0.5) is 4.39 Å². The third-order valence-corrected chi connectivity index (χ3v) is 4.85. The number of rotatable bonds is 5. The van der Waals surface area contributed by atoms with Crippen LogP contribution in [0.3, 0.4) is 0 Å².